The van der Waals surface area contributed by atoms with Gasteiger partial charge in [0.15, 0.2) is 5.78 Å². The fourth-order valence-electron chi connectivity index (χ4n) is 4.18. The highest BCUT2D eigenvalue weighted by molar-refractivity contribution is 6.00. The normalized spacial score (nSPS) is 20.3. The van der Waals surface area contributed by atoms with Crippen LogP contribution in [0.15, 0.2) is 77.4 Å². The van der Waals surface area contributed by atoms with E-state index in [1.165, 1.54) is 0 Å². The first-order chi connectivity index (χ1) is 14.4. The monoisotopic (exact) mass is 400 g/mol. The van der Waals surface area contributed by atoms with E-state index in [1.807, 2.05) is 68.4 Å². The Labute approximate surface area is 176 Å². The van der Waals surface area contributed by atoms with Gasteiger partial charge in [0, 0.05) is 24.0 Å². The van der Waals surface area contributed by atoms with Gasteiger partial charge in [-0.2, -0.15) is 5.26 Å². The number of ether oxygens (including phenoxy) is 2. The van der Waals surface area contributed by atoms with Crippen molar-refractivity contribution in [1.82, 2.24) is 0 Å². The summed E-state index contributed by atoms with van der Waals surface area (Å²) in [7, 11) is 0. The molecule has 0 unspecified atom stereocenters. The van der Waals surface area contributed by atoms with Crippen molar-refractivity contribution in [2.24, 2.45) is 11.1 Å². The van der Waals surface area contributed by atoms with Crippen LogP contribution in [0.25, 0.3) is 0 Å². The first-order valence-corrected chi connectivity index (χ1v) is 9.99. The molecule has 0 bridgehead atoms. The quantitative estimate of drug-likeness (QED) is 0.803. The van der Waals surface area contributed by atoms with Gasteiger partial charge in [0.2, 0.25) is 5.88 Å². The van der Waals surface area contributed by atoms with Gasteiger partial charge < -0.3 is 15.2 Å². The summed E-state index contributed by atoms with van der Waals surface area (Å²) in [6.07, 6.45) is 0.994. The van der Waals surface area contributed by atoms with E-state index in [1.54, 1.807) is 0 Å². The maximum atomic E-state index is 13.1. The molecule has 2 N–H and O–H groups in total. The largest absolute Gasteiger partial charge is 0.489 e. The molecule has 1 aliphatic carbocycles. The smallest absolute Gasteiger partial charge is 0.205 e. The van der Waals surface area contributed by atoms with Crippen LogP contribution >= 0.6 is 0 Å². The minimum Gasteiger partial charge on any atom is -0.489 e. The summed E-state index contributed by atoms with van der Waals surface area (Å²) in [4.78, 5) is 13.1. The number of ketones is 1. The Bertz CT molecular complexity index is 1090. The van der Waals surface area contributed by atoms with Gasteiger partial charge in [-0.05, 0) is 17.0 Å². The zero-order valence-electron chi connectivity index (χ0n) is 17.1. The first kappa shape index (κ1) is 19.8. The summed E-state index contributed by atoms with van der Waals surface area (Å²) < 4.78 is 11.9. The SMILES string of the molecule is CC1(C)CC(=O)C2=C(C1)OC(N)=C(C#N)[C@@H]2c1ccccc1OCc1ccccc1. The van der Waals surface area contributed by atoms with Crippen LogP contribution < -0.4 is 10.5 Å². The van der Waals surface area contributed by atoms with Crippen LogP contribution in [0.5, 0.6) is 5.75 Å². The van der Waals surface area contributed by atoms with Crippen LogP contribution in [0.2, 0.25) is 0 Å². The number of benzene rings is 2. The van der Waals surface area contributed by atoms with E-state index >= 15 is 0 Å². The van der Waals surface area contributed by atoms with E-state index in [0.717, 1.165) is 11.1 Å². The van der Waals surface area contributed by atoms with E-state index in [9.17, 15) is 10.1 Å². The number of rotatable bonds is 4. The number of carbonyl (C=O) groups excluding carboxylic acids is 1. The maximum absolute atomic E-state index is 13.1. The third-order valence-corrected chi connectivity index (χ3v) is 5.54. The number of hydrogen-bond donors (Lipinski definition) is 1. The lowest BCUT2D eigenvalue weighted by molar-refractivity contribution is -0.119. The van der Waals surface area contributed by atoms with Gasteiger partial charge in [-0.25, -0.2) is 0 Å². The average Bonchev–Trinajstić information content (AvgIpc) is 2.71. The minimum absolute atomic E-state index is 0.00985. The van der Waals surface area contributed by atoms with Crippen molar-refractivity contribution in [3.8, 4) is 11.8 Å². The topological polar surface area (TPSA) is 85.3 Å². The molecular formula is C25H24N2O3. The third-order valence-electron chi connectivity index (χ3n) is 5.54. The van der Waals surface area contributed by atoms with Gasteiger partial charge in [-0.3, -0.25) is 4.79 Å². The van der Waals surface area contributed by atoms with Crippen molar-refractivity contribution in [2.75, 3.05) is 0 Å². The Morgan fingerprint density at radius 2 is 1.83 bits per heavy atom. The van der Waals surface area contributed by atoms with Crippen molar-refractivity contribution in [1.29, 1.82) is 5.26 Å². The summed E-state index contributed by atoms with van der Waals surface area (Å²) in [6, 6.07) is 19.5. The molecule has 5 nitrogen and oxygen atoms in total. The maximum Gasteiger partial charge on any atom is 0.205 e. The molecule has 1 aliphatic heterocycles. The lowest BCUT2D eigenvalue weighted by Crippen LogP contribution is -2.33. The molecule has 0 aromatic heterocycles. The van der Waals surface area contributed by atoms with Crippen LogP contribution in [0.3, 0.4) is 0 Å². The van der Waals surface area contributed by atoms with Crippen molar-refractivity contribution in [3.05, 3.63) is 88.5 Å². The Kier molecular flexibility index (Phi) is 5.09. The van der Waals surface area contributed by atoms with E-state index in [-0.39, 0.29) is 22.7 Å². The van der Waals surface area contributed by atoms with Gasteiger partial charge in [0.25, 0.3) is 0 Å². The third kappa shape index (κ3) is 3.69. The van der Waals surface area contributed by atoms with Gasteiger partial charge >= 0.3 is 0 Å². The molecule has 5 heteroatoms. The second-order valence-electron chi connectivity index (χ2n) is 8.51. The average molecular weight is 400 g/mol. The molecule has 0 fully saturated rings. The van der Waals surface area contributed by atoms with E-state index in [4.69, 9.17) is 15.2 Å². The van der Waals surface area contributed by atoms with Gasteiger partial charge in [-0.15, -0.1) is 0 Å². The summed E-state index contributed by atoms with van der Waals surface area (Å²) in [6.45, 7) is 4.45. The molecule has 0 saturated carbocycles. The first-order valence-electron chi connectivity index (χ1n) is 9.99. The molecule has 4 rings (SSSR count). The number of allylic oxidation sites excluding steroid dienone is 3. The predicted octanol–water partition coefficient (Wildman–Crippen LogP) is 4.72. The Balaban J connectivity index is 1.77. The van der Waals surface area contributed by atoms with Gasteiger partial charge in [0.05, 0.1) is 5.92 Å². The van der Waals surface area contributed by atoms with Crippen molar-refractivity contribution >= 4 is 5.78 Å². The van der Waals surface area contributed by atoms with Crippen LogP contribution in [-0.4, -0.2) is 5.78 Å². The highest BCUT2D eigenvalue weighted by Gasteiger charge is 2.43. The molecule has 152 valence electrons. The van der Waals surface area contributed by atoms with Crippen LogP contribution in [-0.2, 0) is 16.1 Å². The number of nitrogens with two attached hydrogens (primary N) is 1. The highest BCUT2D eigenvalue weighted by Crippen LogP contribution is 2.49. The zero-order valence-corrected chi connectivity index (χ0v) is 17.1. The fraction of sp³-hybridized carbons (Fsp3) is 0.280. The zero-order chi connectivity index (χ0) is 21.3. The number of nitriles is 1. The summed E-state index contributed by atoms with van der Waals surface area (Å²) in [5, 5.41) is 9.83. The van der Waals surface area contributed by atoms with Crippen molar-refractivity contribution < 1.29 is 14.3 Å². The van der Waals surface area contributed by atoms with E-state index < -0.39 is 5.92 Å². The van der Waals surface area contributed by atoms with Crippen molar-refractivity contribution in [3.63, 3.8) is 0 Å². The summed E-state index contributed by atoms with van der Waals surface area (Å²) in [5.41, 5.74) is 8.46. The van der Waals surface area contributed by atoms with Gasteiger partial charge in [-0.1, -0.05) is 62.4 Å². The molecule has 30 heavy (non-hydrogen) atoms. The minimum atomic E-state index is -0.589. The number of hydrogen-bond acceptors (Lipinski definition) is 5. The molecular weight excluding hydrogens is 376 g/mol. The molecule has 0 saturated heterocycles. The molecule has 2 aromatic carbocycles. The lowest BCUT2D eigenvalue weighted by atomic mass is 9.70. The molecule has 0 spiro atoms. The lowest BCUT2D eigenvalue weighted by Gasteiger charge is -2.37. The molecule has 1 atom stereocenters. The second kappa shape index (κ2) is 7.72. The van der Waals surface area contributed by atoms with Crippen LogP contribution in [0.4, 0.5) is 0 Å². The Morgan fingerprint density at radius 1 is 1.13 bits per heavy atom. The second-order valence-corrected chi connectivity index (χ2v) is 8.51. The number of para-hydroxylation sites is 1. The highest BCUT2D eigenvalue weighted by atomic mass is 16.5. The standard InChI is InChI=1S/C25H24N2O3/c1-25(2)12-19(28)23-21(13-25)30-24(27)18(14-26)22(23)17-10-6-7-11-20(17)29-15-16-8-4-3-5-9-16/h3-11,22H,12-13,15,27H2,1-2H3/t22-/m0/s1. The van der Waals surface area contributed by atoms with E-state index in [2.05, 4.69) is 6.07 Å². The fourth-order valence-corrected chi connectivity index (χ4v) is 4.18. The van der Waals surface area contributed by atoms with Crippen LogP contribution in [0.1, 0.15) is 43.7 Å². The van der Waals surface area contributed by atoms with Crippen LogP contribution in [0, 0.1) is 16.7 Å². The number of carbonyl (C=O) groups is 1. The molecule has 0 amide bonds. The van der Waals surface area contributed by atoms with Crippen molar-refractivity contribution in [2.45, 2.75) is 39.2 Å². The molecule has 0 radical (unpaired) electrons. The Hall–Kier alpha value is -3.52. The van der Waals surface area contributed by atoms with Gasteiger partial charge in [0.1, 0.15) is 29.8 Å². The number of nitrogens with zero attached hydrogens (tertiary/aromatic N) is 1. The Morgan fingerprint density at radius 3 is 2.57 bits per heavy atom. The molecule has 2 aromatic rings. The summed E-state index contributed by atoms with van der Waals surface area (Å²) >= 11 is 0. The number of Topliss-reactive ketones (excluding diaryl/α,β-unsaturated/α-hetero) is 1. The summed E-state index contributed by atoms with van der Waals surface area (Å²) in [5.74, 6) is 0.650. The molecule has 1 heterocycles. The van der Waals surface area contributed by atoms with E-state index in [0.29, 0.717) is 36.5 Å². The predicted molar refractivity (Wildman–Crippen MR) is 113 cm³/mol. The molecule has 2 aliphatic rings.